The van der Waals surface area contributed by atoms with Gasteiger partial charge in [0.25, 0.3) is 0 Å². The Hall–Kier alpha value is -1.73. The van der Waals surface area contributed by atoms with Crippen molar-refractivity contribution < 1.29 is 4.74 Å². The summed E-state index contributed by atoms with van der Waals surface area (Å²) < 4.78 is 5.47. The Balaban J connectivity index is 1.86. The van der Waals surface area contributed by atoms with Crippen LogP contribution in [0.5, 0.6) is 5.75 Å². The molecule has 0 aliphatic rings. The molecule has 0 amide bonds. The maximum atomic E-state index is 6.50. The van der Waals surface area contributed by atoms with E-state index in [9.17, 15) is 0 Å². The molecule has 0 saturated heterocycles. The van der Waals surface area contributed by atoms with Crippen LogP contribution in [0.3, 0.4) is 0 Å². The average molecular weight is 371 g/mol. The van der Waals surface area contributed by atoms with Crippen molar-refractivity contribution in [1.29, 1.82) is 0 Å². The van der Waals surface area contributed by atoms with E-state index in [1.54, 1.807) is 0 Å². The number of halogens is 1. The normalized spacial score (nSPS) is 11.6. The van der Waals surface area contributed by atoms with Gasteiger partial charge in [0.15, 0.2) is 0 Å². The van der Waals surface area contributed by atoms with Crippen LogP contribution in [-0.4, -0.2) is 6.61 Å². The van der Waals surface area contributed by atoms with Crippen LogP contribution in [0.4, 0.5) is 0 Å². The largest absolute Gasteiger partial charge is 0.494 e. The predicted molar refractivity (Wildman–Crippen MR) is 115 cm³/mol. The summed E-state index contributed by atoms with van der Waals surface area (Å²) >= 11 is 6.50. The van der Waals surface area contributed by atoms with E-state index < -0.39 is 0 Å². The van der Waals surface area contributed by atoms with E-state index in [2.05, 4.69) is 31.2 Å². The third-order valence-corrected chi connectivity index (χ3v) is 4.86. The molecule has 0 saturated carbocycles. The van der Waals surface area contributed by atoms with Crippen molar-refractivity contribution in [2.24, 2.45) is 0 Å². The van der Waals surface area contributed by atoms with E-state index >= 15 is 0 Å². The lowest BCUT2D eigenvalue weighted by Crippen LogP contribution is -1.90. The first kappa shape index (κ1) is 20.6. The smallest absolute Gasteiger partial charge is 0.119 e. The summed E-state index contributed by atoms with van der Waals surface area (Å²) in [6.07, 6.45) is 11.2. The number of aryl methyl sites for hydroxylation is 1. The van der Waals surface area contributed by atoms with Crippen molar-refractivity contribution in [3.05, 3.63) is 65.2 Å². The van der Waals surface area contributed by atoms with Gasteiger partial charge in [-0.15, -0.1) is 0 Å². The first-order valence-electron chi connectivity index (χ1n) is 9.92. The lowest BCUT2D eigenvalue weighted by molar-refractivity contribution is 0.340. The number of rotatable bonds is 11. The fourth-order valence-electron chi connectivity index (χ4n) is 3.00. The molecule has 2 aromatic rings. The van der Waals surface area contributed by atoms with Gasteiger partial charge in [0, 0.05) is 5.03 Å². The molecule has 2 heteroatoms. The van der Waals surface area contributed by atoms with Crippen molar-refractivity contribution in [3.63, 3.8) is 0 Å². The Kier molecular flexibility index (Phi) is 9.34. The van der Waals surface area contributed by atoms with Crippen LogP contribution < -0.4 is 4.74 Å². The molecular weight excluding hydrogens is 340 g/mol. The molecular formula is C24H31ClO. The molecule has 2 aromatic carbocycles. The average Bonchev–Trinajstić information content (AvgIpc) is 2.67. The van der Waals surface area contributed by atoms with E-state index in [1.165, 1.54) is 44.1 Å². The zero-order valence-electron chi connectivity index (χ0n) is 16.1. The Morgan fingerprint density at radius 2 is 1.50 bits per heavy atom. The SMILES string of the molecule is CCCCCCCCc1ccc(/C(Cl)=C\c2ccc(OCC)cc2)cc1. The van der Waals surface area contributed by atoms with Crippen LogP contribution in [0, 0.1) is 0 Å². The van der Waals surface area contributed by atoms with Crippen molar-refractivity contribution in [2.75, 3.05) is 6.61 Å². The minimum absolute atomic E-state index is 0.682. The van der Waals surface area contributed by atoms with Gasteiger partial charge >= 0.3 is 0 Å². The highest BCUT2D eigenvalue weighted by molar-refractivity contribution is 6.51. The molecule has 26 heavy (non-hydrogen) atoms. The quantitative estimate of drug-likeness (QED) is 0.290. The van der Waals surface area contributed by atoms with E-state index in [1.807, 2.05) is 37.3 Å². The predicted octanol–water partition coefficient (Wildman–Crippen LogP) is 7.73. The second-order valence-corrected chi connectivity index (χ2v) is 7.12. The molecule has 140 valence electrons. The van der Waals surface area contributed by atoms with Gasteiger partial charge in [-0.2, -0.15) is 0 Å². The van der Waals surface area contributed by atoms with Crippen LogP contribution in [0.25, 0.3) is 11.1 Å². The van der Waals surface area contributed by atoms with Gasteiger partial charge in [0.05, 0.1) is 6.61 Å². The van der Waals surface area contributed by atoms with E-state index in [-0.39, 0.29) is 0 Å². The molecule has 1 nitrogen and oxygen atoms in total. The summed E-state index contributed by atoms with van der Waals surface area (Å²) in [5.74, 6) is 0.889. The molecule has 0 bridgehead atoms. The minimum atomic E-state index is 0.682. The Bertz CT molecular complexity index is 656. The highest BCUT2D eigenvalue weighted by Crippen LogP contribution is 2.24. The maximum Gasteiger partial charge on any atom is 0.119 e. The number of hydrogen-bond acceptors (Lipinski definition) is 1. The molecule has 0 aromatic heterocycles. The highest BCUT2D eigenvalue weighted by Gasteiger charge is 2.01. The van der Waals surface area contributed by atoms with Gasteiger partial charge in [0.2, 0.25) is 0 Å². The fourth-order valence-corrected chi connectivity index (χ4v) is 3.25. The second kappa shape index (κ2) is 11.8. The van der Waals surface area contributed by atoms with Crippen LogP contribution in [-0.2, 0) is 6.42 Å². The second-order valence-electron chi connectivity index (χ2n) is 6.71. The molecule has 0 N–H and O–H groups in total. The first-order valence-corrected chi connectivity index (χ1v) is 10.3. The number of hydrogen-bond donors (Lipinski definition) is 0. The van der Waals surface area contributed by atoms with Gasteiger partial charge < -0.3 is 4.74 Å². The molecule has 0 heterocycles. The summed E-state index contributed by atoms with van der Waals surface area (Å²) in [5, 5.41) is 0.764. The molecule has 0 aliphatic heterocycles. The van der Waals surface area contributed by atoms with Gasteiger partial charge in [0.1, 0.15) is 5.75 Å². The maximum absolute atomic E-state index is 6.50. The highest BCUT2D eigenvalue weighted by atomic mass is 35.5. The van der Waals surface area contributed by atoms with Crippen LogP contribution in [0.1, 0.15) is 69.1 Å². The Morgan fingerprint density at radius 3 is 2.15 bits per heavy atom. The van der Waals surface area contributed by atoms with Crippen LogP contribution in [0.15, 0.2) is 48.5 Å². The topological polar surface area (TPSA) is 9.23 Å². The van der Waals surface area contributed by atoms with E-state index in [0.717, 1.165) is 28.3 Å². The van der Waals surface area contributed by atoms with Crippen LogP contribution >= 0.6 is 11.6 Å². The van der Waals surface area contributed by atoms with Gasteiger partial charge in [-0.05, 0) is 54.7 Å². The van der Waals surface area contributed by atoms with Crippen molar-refractivity contribution in [2.45, 2.75) is 58.8 Å². The zero-order valence-corrected chi connectivity index (χ0v) is 16.9. The molecule has 0 spiro atoms. The molecule has 0 fully saturated rings. The first-order chi connectivity index (χ1) is 12.7. The Morgan fingerprint density at radius 1 is 0.846 bits per heavy atom. The van der Waals surface area contributed by atoms with E-state index in [0.29, 0.717) is 6.61 Å². The van der Waals surface area contributed by atoms with Gasteiger partial charge in [-0.1, -0.05) is 87.0 Å². The van der Waals surface area contributed by atoms with Gasteiger partial charge in [-0.3, -0.25) is 0 Å². The molecule has 0 unspecified atom stereocenters. The summed E-state index contributed by atoms with van der Waals surface area (Å²) in [4.78, 5) is 0. The Labute approximate surface area is 164 Å². The van der Waals surface area contributed by atoms with E-state index in [4.69, 9.17) is 16.3 Å². The monoisotopic (exact) mass is 370 g/mol. The summed E-state index contributed by atoms with van der Waals surface area (Å²) in [6.45, 7) is 4.93. The van der Waals surface area contributed by atoms with Crippen LogP contribution in [0.2, 0.25) is 0 Å². The third kappa shape index (κ3) is 7.25. The summed E-state index contributed by atoms with van der Waals surface area (Å²) in [7, 11) is 0. The zero-order chi connectivity index (χ0) is 18.6. The number of benzene rings is 2. The number of ether oxygens (including phenoxy) is 1. The number of unbranched alkanes of at least 4 members (excludes halogenated alkanes) is 5. The van der Waals surface area contributed by atoms with Crippen molar-refractivity contribution >= 4 is 22.7 Å². The van der Waals surface area contributed by atoms with Crippen molar-refractivity contribution in [1.82, 2.24) is 0 Å². The lowest BCUT2D eigenvalue weighted by Gasteiger charge is -2.05. The lowest BCUT2D eigenvalue weighted by atomic mass is 10.0. The molecule has 2 rings (SSSR count). The molecule has 0 aliphatic carbocycles. The minimum Gasteiger partial charge on any atom is -0.494 e. The van der Waals surface area contributed by atoms with Crippen molar-refractivity contribution in [3.8, 4) is 5.75 Å². The third-order valence-electron chi connectivity index (χ3n) is 4.53. The molecule has 0 radical (unpaired) electrons. The standard InChI is InChI=1S/C24H31ClO/c1-3-5-6-7-8-9-10-20-11-15-22(16-12-20)24(25)19-21-13-17-23(18-14-21)26-4-2/h11-19H,3-10H2,1-2H3/b24-19+. The van der Waals surface area contributed by atoms with Gasteiger partial charge in [-0.25, -0.2) is 0 Å². The summed E-state index contributed by atoms with van der Waals surface area (Å²) in [6, 6.07) is 16.7. The summed E-state index contributed by atoms with van der Waals surface area (Å²) in [5.41, 5.74) is 3.54. The molecule has 0 atom stereocenters. The fraction of sp³-hybridized carbons (Fsp3) is 0.417.